The number of hydrogen-bond acceptors (Lipinski definition) is 3. The Morgan fingerprint density at radius 3 is 2.48 bits per heavy atom. The van der Waals surface area contributed by atoms with Gasteiger partial charge in [0.15, 0.2) is 11.0 Å². The van der Waals surface area contributed by atoms with Crippen LogP contribution in [0.5, 0.6) is 0 Å². The summed E-state index contributed by atoms with van der Waals surface area (Å²) >= 11 is 7.95. The predicted octanol–water partition coefficient (Wildman–Crippen LogP) is 5.30. The van der Waals surface area contributed by atoms with Crippen molar-refractivity contribution in [3.05, 3.63) is 64.7 Å². The zero-order valence-electron chi connectivity index (χ0n) is 13.3. The van der Waals surface area contributed by atoms with Crippen molar-refractivity contribution in [2.75, 3.05) is 0 Å². The predicted molar refractivity (Wildman–Crippen MR) is 96.9 cm³/mol. The molecule has 0 amide bonds. The molecule has 0 saturated carbocycles. The molecule has 1 aromatic heterocycles. The van der Waals surface area contributed by atoms with Crippen LogP contribution in [0.3, 0.4) is 0 Å². The molecule has 0 aliphatic carbocycles. The van der Waals surface area contributed by atoms with E-state index in [9.17, 15) is 0 Å². The van der Waals surface area contributed by atoms with Crippen LogP contribution in [0.4, 0.5) is 0 Å². The van der Waals surface area contributed by atoms with E-state index in [1.54, 1.807) is 11.8 Å². The van der Waals surface area contributed by atoms with E-state index in [-0.39, 0.29) is 5.25 Å². The van der Waals surface area contributed by atoms with Gasteiger partial charge in [0, 0.05) is 22.9 Å². The summed E-state index contributed by atoms with van der Waals surface area (Å²) in [6.45, 7) is 4.22. The van der Waals surface area contributed by atoms with Crippen LogP contribution in [0.1, 0.15) is 23.3 Å². The third kappa shape index (κ3) is 3.28. The number of rotatable bonds is 4. The first-order valence-corrected chi connectivity index (χ1v) is 8.70. The quantitative estimate of drug-likeness (QED) is 0.602. The first-order valence-electron chi connectivity index (χ1n) is 7.44. The second-order valence-electron chi connectivity index (χ2n) is 5.46. The average Bonchev–Trinajstić information content (AvgIpc) is 2.89. The Morgan fingerprint density at radius 1 is 1.04 bits per heavy atom. The Kier molecular flexibility index (Phi) is 4.74. The third-order valence-electron chi connectivity index (χ3n) is 3.85. The second kappa shape index (κ2) is 6.77. The molecule has 0 bridgehead atoms. The Bertz CT molecular complexity index is 829. The van der Waals surface area contributed by atoms with Gasteiger partial charge in [-0.15, -0.1) is 10.2 Å². The molecule has 0 radical (unpaired) electrons. The van der Waals surface area contributed by atoms with Crippen LogP contribution in [0.2, 0.25) is 5.02 Å². The number of halogens is 1. The lowest BCUT2D eigenvalue weighted by Crippen LogP contribution is -1.98. The number of hydrogen-bond donors (Lipinski definition) is 0. The summed E-state index contributed by atoms with van der Waals surface area (Å²) in [5, 5.41) is 10.6. The van der Waals surface area contributed by atoms with Crippen LogP contribution in [-0.2, 0) is 7.05 Å². The van der Waals surface area contributed by atoms with E-state index in [0.717, 1.165) is 27.1 Å². The standard InChI is InChI=1S/C18H18ClN3S/c1-12-8-4-5-9-14(12)17-20-21-18(22(17)3)23-13(2)15-10-6-7-11-16(15)19/h4-11,13H,1-3H3. The van der Waals surface area contributed by atoms with Crippen molar-refractivity contribution in [1.29, 1.82) is 0 Å². The molecule has 3 aromatic rings. The maximum absolute atomic E-state index is 6.29. The molecule has 0 N–H and O–H groups in total. The van der Waals surface area contributed by atoms with Crippen LogP contribution in [-0.4, -0.2) is 14.8 Å². The normalized spacial score (nSPS) is 12.3. The first-order chi connectivity index (χ1) is 11.1. The van der Waals surface area contributed by atoms with Crippen molar-refractivity contribution in [3.63, 3.8) is 0 Å². The van der Waals surface area contributed by atoms with Gasteiger partial charge in [0.1, 0.15) is 0 Å². The van der Waals surface area contributed by atoms with E-state index >= 15 is 0 Å². The molecule has 1 heterocycles. The van der Waals surface area contributed by atoms with Gasteiger partial charge in [-0.1, -0.05) is 65.8 Å². The van der Waals surface area contributed by atoms with Crippen LogP contribution in [0.15, 0.2) is 53.7 Å². The van der Waals surface area contributed by atoms with Gasteiger partial charge in [0.25, 0.3) is 0 Å². The summed E-state index contributed by atoms with van der Waals surface area (Å²) in [5.41, 5.74) is 3.41. The molecule has 0 aliphatic rings. The van der Waals surface area contributed by atoms with E-state index in [0.29, 0.717) is 0 Å². The lowest BCUT2D eigenvalue weighted by molar-refractivity contribution is 0.790. The van der Waals surface area contributed by atoms with Crippen molar-refractivity contribution in [1.82, 2.24) is 14.8 Å². The van der Waals surface area contributed by atoms with Crippen molar-refractivity contribution >= 4 is 23.4 Å². The number of aryl methyl sites for hydroxylation is 1. The molecule has 0 aliphatic heterocycles. The molecule has 3 rings (SSSR count). The highest BCUT2D eigenvalue weighted by Crippen LogP contribution is 2.37. The van der Waals surface area contributed by atoms with E-state index in [4.69, 9.17) is 11.6 Å². The second-order valence-corrected chi connectivity index (χ2v) is 7.18. The van der Waals surface area contributed by atoms with E-state index < -0.39 is 0 Å². The van der Waals surface area contributed by atoms with Gasteiger partial charge in [0.05, 0.1) is 0 Å². The summed E-state index contributed by atoms with van der Waals surface area (Å²) in [7, 11) is 2.00. The van der Waals surface area contributed by atoms with Crippen molar-refractivity contribution in [2.24, 2.45) is 7.05 Å². The van der Waals surface area contributed by atoms with Gasteiger partial charge in [-0.2, -0.15) is 0 Å². The summed E-state index contributed by atoms with van der Waals surface area (Å²) in [4.78, 5) is 0. The molecule has 5 heteroatoms. The zero-order chi connectivity index (χ0) is 16.4. The smallest absolute Gasteiger partial charge is 0.191 e. The van der Waals surface area contributed by atoms with Crippen molar-refractivity contribution < 1.29 is 0 Å². The SMILES string of the molecule is Cc1ccccc1-c1nnc(SC(C)c2ccccc2Cl)n1C. The van der Waals surface area contributed by atoms with Gasteiger partial charge in [-0.25, -0.2) is 0 Å². The molecule has 23 heavy (non-hydrogen) atoms. The number of thioether (sulfide) groups is 1. The lowest BCUT2D eigenvalue weighted by atomic mass is 10.1. The molecule has 118 valence electrons. The number of nitrogens with zero attached hydrogens (tertiary/aromatic N) is 3. The molecule has 0 fully saturated rings. The van der Waals surface area contributed by atoms with Crippen LogP contribution < -0.4 is 0 Å². The highest BCUT2D eigenvalue weighted by atomic mass is 35.5. The van der Waals surface area contributed by atoms with E-state index in [2.05, 4.69) is 42.2 Å². The lowest BCUT2D eigenvalue weighted by Gasteiger charge is -2.13. The van der Waals surface area contributed by atoms with Crippen molar-refractivity contribution in [3.8, 4) is 11.4 Å². The molecule has 2 aromatic carbocycles. The fourth-order valence-corrected chi connectivity index (χ4v) is 3.85. The zero-order valence-corrected chi connectivity index (χ0v) is 14.9. The van der Waals surface area contributed by atoms with E-state index in [1.807, 2.05) is 41.9 Å². The van der Waals surface area contributed by atoms with Crippen LogP contribution >= 0.6 is 23.4 Å². The number of aromatic nitrogens is 3. The molecule has 1 unspecified atom stereocenters. The minimum atomic E-state index is 0.205. The summed E-state index contributed by atoms with van der Waals surface area (Å²) < 4.78 is 2.04. The molecule has 3 nitrogen and oxygen atoms in total. The topological polar surface area (TPSA) is 30.7 Å². The van der Waals surface area contributed by atoms with Gasteiger partial charge >= 0.3 is 0 Å². The van der Waals surface area contributed by atoms with Gasteiger partial charge in [-0.05, 0) is 31.0 Å². The van der Waals surface area contributed by atoms with Crippen LogP contribution in [0.25, 0.3) is 11.4 Å². The Hall–Kier alpha value is -1.78. The molecular formula is C18H18ClN3S. The minimum absolute atomic E-state index is 0.205. The average molecular weight is 344 g/mol. The maximum atomic E-state index is 6.29. The third-order valence-corrected chi connectivity index (χ3v) is 5.36. The molecular weight excluding hydrogens is 326 g/mol. The monoisotopic (exact) mass is 343 g/mol. The molecule has 0 spiro atoms. The van der Waals surface area contributed by atoms with Crippen LogP contribution in [0, 0.1) is 6.92 Å². The summed E-state index contributed by atoms with van der Waals surface area (Å²) in [6.07, 6.45) is 0. The fourth-order valence-electron chi connectivity index (χ4n) is 2.50. The Labute approximate surface area is 145 Å². The van der Waals surface area contributed by atoms with Gasteiger partial charge < -0.3 is 4.57 Å². The molecule has 1 atom stereocenters. The highest BCUT2D eigenvalue weighted by Gasteiger charge is 2.17. The molecule has 0 saturated heterocycles. The highest BCUT2D eigenvalue weighted by molar-refractivity contribution is 7.99. The fraction of sp³-hybridized carbons (Fsp3) is 0.222. The minimum Gasteiger partial charge on any atom is -0.305 e. The summed E-state index contributed by atoms with van der Waals surface area (Å²) in [5.74, 6) is 0.886. The van der Waals surface area contributed by atoms with Gasteiger partial charge in [0.2, 0.25) is 0 Å². The first kappa shape index (κ1) is 16.1. The largest absolute Gasteiger partial charge is 0.305 e. The number of benzene rings is 2. The summed E-state index contributed by atoms with van der Waals surface area (Å²) in [6, 6.07) is 16.1. The Balaban J connectivity index is 1.89. The van der Waals surface area contributed by atoms with E-state index in [1.165, 1.54) is 5.56 Å². The maximum Gasteiger partial charge on any atom is 0.191 e. The van der Waals surface area contributed by atoms with Crippen molar-refractivity contribution in [2.45, 2.75) is 24.3 Å². The Morgan fingerprint density at radius 2 is 1.74 bits per heavy atom. The van der Waals surface area contributed by atoms with Gasteiger partial charge in [-0.3, -0.25) is 0 Å².